The van der Waals surface area contributed by atoms with Crippen molar-refractivity contribution in [2.24, 2.45) is 0 Å². The number of carbonyl (C=O) groups is 1. The van der Waals surface area contributed by atoms with Crippen molar-refractivity contribution in [3.8, 4) is 0 Å². The molecule has 0 saturated heterocycles. The van der Waals surface area contributed by atoms with E-state index in [0.717, 1.165) is 16.8 Å². The van der Waals surface area contributed by atoms with Crippen LogP contribution >= 0.6 is 23.4 Å². The first kappa shape index (κ1) is 21.1. The summed E-state index contributed by atoms with van der Waals surface area (Å²) in [5, 5.41) is 6.79. The summed E-state index contributed by atoms with van der Waals surface area (Å²) in [5.74, 6) is -2.63. The van der Waals surface area contributed by atoms with E-state index >= 15 is 0 Å². The van der Waals surface area contributed by atoms with Gasteiger partial charge in [-0.3, -0.25) is 4.79 Å². The highest BCUT2D eigenvalue weighted by atomic mass is 35.5. The first-order valence-corrected chi connectivity index (χ1v) is 10.2. The van der Waals surface area contributed by atoms with E-state index in [1.165, 1.54) is 0 Å². The second kappa shape index (κ2) is 10.3. The molecule has 0 heterocycles. The van der Waals surface area contributed by atoms with Gasteiger partial charge in [0.15, 0.2) is 0 Å². The van der Waals surface area contributed by atoms with Crippen molar-refractivity contribution in [3.63, 3.8) is 0 Å². The second-order valence-corrected chi connectivity index (χ2v) is 7.74. The number of carbonyl (C=O) groups excluding carboxylic acids is 1. The number of anilines is 2. The maximum atomic E-state index is 12.3. The summed E-state index contributed by atoms with van der Waals surface area (Å²) in [6.45, 7) is 0.610. The third-order valence-electron chi connectivity index (χ3n) is 4.12. The van der Waals surface area contributed by atoms with Crippen LogP contribution in [0.1, 0.15) is 11.1 Å². The monoisotopic (exact) mass is 432 g/mol. The van der Waals surface area contributed by atoms with Gasteiger partial charge in [-0.25, -0.2) is 0 Å². The highest BCUT2D eigenvalue weighted by molar-refractivity contribution is 7.99. The average Bonchev–Trinajstić information content (AvgIpc) is 2.69. The molecule has 0 radical (unpaired) electrons. The molecule has 2 N–H and O–H groups in total. The average molecular weight is 433 g/mol. The zero-order chi connectivity index (χ0) is 20.6. The van der Waals surface area contributed by atoms with Crippen LogP contribution in [0.4, 0.5) is 20.2 Å². The maximum Gasteiger partial charge on any atom is 0.288 e. The Bertz CT molecular complexity index is 950. The molecule has 0 aromatic heterocycles. The summed E-state index contributed by atoms with van der Waals surface area (Å²) in [4.78, 5) is 12.7. The maximum absolute atomic E-state index is 12.3. The number of thioether (sulfide) groups is 1. The molecule has 0 aliphatic carbocycles. The van der Waals surface area contributed by atoms with Gasteiger partial charge in [-0.2, -0.15) is 8.78 Å². The molecule has 0 saturated carbocycles. The lowest BCUT2D eigenvalue weighted by atomic mass is 10.1. The number of hydrogen-bond acceptors (Lipinski definition) is 3. The van der Waals surface area contributed by atoms with Crippen LogP contribution in [0.3, 0.4) is 0 Å². The van der Waals surface area contributed by atoms with Crippen molar-refractivity contribution in [3.05, 3.63) is 88.9 Å². The summed E-state index contributed by atoms with van der Waals surface area (Å²) in [5.41, 5.74) is 3.39. The Labute approximate surface area is 177 Å². The highest BCUT2D eigenvalue weighted by Gasteiger charge is 2.07. The molecule has 29 heavy (non-hydrogen) atoms. The number of benzene rings is 3. The molecular formula is C22H19ClF2N2OS. The van der Waals surface area contributed by atoms with Gasteiger partial charge in [0, 0.05) is 27.8 Å². The van der Waals surface area contributed by atoms with Crippen molar-refractivity contribution in [1.82, 2.24) is 0 Å². The van der Waals surface area contributed by atoms with Crippen LogP contribution in [0, 0.1) is 0 Å². The van der Waals surface area contributed by atoms with Gasteiger partial charge in [-0.15, -0.1) is 0 Å². The Morgan fingerprint density at radius 2 is 1.59 bits per heavy atom. The van der Waals surface area contributed by atoms with Crippen molar-refractivity contribution in [2.75, 3.05) is 10.6 Å². The summed E-state index contributed by atoms with van der Waals surface area (Å²) < 4.78 is 24.7. The van der Waals surface area contributed by atoms with Gasteiger partial charge >= 0.3 is 0 Å². The molecule has 7 heteroatoms. The minimum absolute atomic E-state index is 0.170. The minimum Gasteiger partial charge on any atom is -0.381 e. The summed E-state index contributed by atoms with van der Waals surface area (Å²) in [7, 11) is 0. The molecule has 0 atom stereocenters. The summed E-state index contributed by atoms with van der Waals surface area (Å²) in [6.07, 6.45) is 0.221. The van der Waals surface area contributed by atoms with Crippen LogP contribution in [0.5, 0.6) is 0 Å². The SMILES string of the molecule is O=C(Cc1ccc(NCc2ccccc2Cl)cc1)Nc1ccc(SC(F)F)cc1. The van der Waals surface area contributed by atoms with Crippen molar-refractivity contribution in [2.45, 2.75) is 23.6 Å². The van der Waals surface area contributed by atoms with E-state index in [1.807, 2.05) is 48.5 Å². The van der Waals surface area contributed by atoms with Crippen LogP contribution in [0.25, 0.3) is 0 Å². The highest BCUT2D eigenvalue weighted by Crippen LogP contribution is 2.26. The molecule has 3 rings (SSSR count). The first-order valence-electron chi connectivity index (χ1n) is 8.90. The number of hydrogen-bond donors (Lipinski definition) is 2. The quantitative estimate of drug-likeness (QED) is 0.402. The Hall–Kier alpha value is -2.57. The molecule has 3 aromatic rings. The Balaban J connectivity index is 1.50. The fraction of sp³-hybridized carbons (Fsp3) is 0.136. The predicted octanol–water partition coefficient (Wildman–Crippen LogP) is 6.45. The number of nitrogens with one attached hydrogen (secondary N) is 2. The van der Waals surface area contributed by atoms with Crippen molar-refractivity contribution >= 4 is 40.6 Å². The molecule has 0 bridgehead atoms. The molecule has 0 aliphatic heterocycles. The molecule has 0 aliphatic rings. The minimum atomic E-state index is -2.46. The Morgan fingerprint density at radius 1 is 0.931 bits per heavy atom. The fourth-order valence-corrected chi connectivity index (χ4v) is 3.39. The molecule has 3 nitrogen and oxygen atoms in total. The second-order valence-electron chi connectivity index (χ2n) is 6.27. The van der Waals surface area contributed by atoms with Crippen LogP contribution in [0.2, 0.25) is 5.02 Å². The van der Waals surface area contributed by atoms with E-state index in [4.69, 9.17) is 11.6 Å². The van der Waals surface area contributed by atoms with Crippen LogP contribution in [0.15, 0.2) is 77.7 Å². The molecule has 150 valence electrons. The predicted molar refractivity (Wildman–Crippen MR) is 116 cm³/mol. The standard InChI is InChI=1S/C22H19ClF2N2OS/c23-20-4-2-1-3-16(20)14-26-17-7-5-15(6-8-17)13-21(28)27-18-9-11-19(12-10-18)29-22(24)25/h1-12,22,26H,13-14H2,(H,27,28). The van der Waals surface area contributed by atoms with E-state index in [1.54, 1.807) is 24.3 Å². The number of alkyl halides is 2. The molecule has 1 amide bonds. The Kier molecular flexibility index (Phi) is 7.49. The van der Waals surface area contributed by atoms with Gasteiger partial charge in [-0.1, -0.05) is 53.7 Å². The van der Waals surface area contributed by atoms with E-state index < -0.39 is 5.76 Å². The molecule has 0 fully saturated rings. The zero-order valence-electron chi connectivity index (χ0n) is 15.4. The van der Waals surface area contributed by atoms with Gasteiger partial charge < -0.3 is 10.6 Å². The topological polar surface area (TPSA) is 41.1 Å². The van der Waals surface area contributed by atoms with Crippen molar-refractivity contribution < 1.29 is 13.6 Å². The lowest BCUT2D eigenvalue weighted by Gasteiger charge is -2.09. The van der Waals surface area contributed by atoms with Gasteiger partial charge in [0.05, 0.1) is 6.42 Å². The molecule has 0 unspecified atom stereocenters. The fourth-order valence-electron chi connectivity index (χ4n) is 2.69. The van der Waals surface area contributed by atoms with Gasteiger partial charge in [-0.05, 0) is 53.6 Å². The Morgan fingerprint density at radius 3 is 2.24 bits per heavy atom. The van der Waals surface area contributed by atoms with Crippen LogP contribution < -0.4 is 10.6 Å². The number of amides is 1. The normalized spacial score (nSPS) is 10.8. The van der Waals surface area contributed by atoms with E-state index in [-0.39, 0.29) is 12.3 Å². The largest absolute Gasteiger partial charge is 0.381 e. The molecule has 0 spiro atoms. The van der Waals surface area contributed by atoms with E-state index in [9.17, 15) is 13.6 Å². The lowest BCUT2D eigenvalue weighted by molar-refractivity contribution is -0.115. The van der Waals surface area contributed by atoms with Crippen molar-refractivity contribution in [1.29, 1.82) is 0 Å². The van der Waals surface area contributed by atoms with E-state index in [0.29, 0.717) is 33.9 Å². The summed E-state index contributed by atoms with van der Waals surface area (Å²) in [6, 6.07) is 21.6. The summed E-state index contributed by atoms with van der Waals surface area (Å²) >= 11 is 6.63. The molecular weight excluding hydrogens is 414 g/mol. The first-order chi connectivity index (χ1) is 14.0. The molecule has 3 aromatic carbocycles. The van der Waals surface area contributed by atoms with Gasteiger partial charge in [0.1, 0.15) is 0 Å². The van der Waals surface area contributed by atoms with Gasteiger partial charge in [0.2, 0.25) is 5.91 Å². The number of rotatable bonds is 8. The third-order valence-corrected chi connectivity index (χ3v) is 5.21. The number of halogens is 3. The smallest absolute Gasteiger partial charge is 0.288 e. The zero-order valence-corrected chi connectivity index (χ0v) is 16.9. The lowest BCUT2D eigenvalue weighted by Crippen LogP contribution is -2.14. The van der Waals surface area contributed by atoms with Crippen LogP contribution in [-0.4, -0.2) is 11.7 Å². The van der Waals surface area contributed by atoms with Gasteiger partial charge in [0.25, 0.3) is 5.76 Å². The van der Waals surface area contributed by atoms with Crippen LogP contribution in [-0.2, 0) is 17.8 Å². The van der Waals surface area contributed by atoms with E-state index in [2.05, 4.69) is 10.6 Å². The third kappa shape index (κ3) is 6.76.